The third-order valence-electron chi connectivity index (χ3n) is 3.72. The lowest BCUT2D eigenvalue weighted by molar-refractivity contribution is -0.122. The first kappa shape index (κ1) is 14.9. The number of nitrogens with one attached hydrogen (secondary N) is 2. The molecule has 1 aliphatic heterocycles. The maximum Gasteiger partial charge on any atom is 0.221 e. The van der Waals surface area contributed by atoms with Gasteiger partial charge in [-0.05, 0) is 18.6 Å². The van der Waals surface area contributed by atoms with E-state index in [0.717, 1.165) is 37.2 Å². The lowest BCUT2D eigenvalue weighted by atomic mass is 10.2. The molecule has 118 valence electrons. The van der Waals surface area contributed by atoms with E-state index in [4.69, 9.17) is 4.74 Å². The Morgan fingerprint density at radius 1 is 1.45 bits per heavy atom. The van der Waals surface area contributed by atoms with E-state index in [1.54, 1.807) is 0 Å². The van der Waals surface area contributed by atoms with Crippen LogP contribution in [-0.4, -0.2) is 53.2 Å². The van der Waals surface area contributed by atoms with Gasteiger partial charge in [-0.25, -0.2) is 4.68 Å². The summed E-state index contributed by atoms with van der Waals surface area (Å²) < 4.78 is 7.21. The summed E-state index contributed by atoms with van der Waals surface area (Å²) in [6.07, 6.45) is 1.29. The summed E-state index contributed by atoms with van der Waals surface area (Å²) >= 11 is 0. The minimum atomic E-state index is 0.0615. The fourth-order valence-electron chi connectivity index (χ4n) is 2.59. The summed E-state index contributed by atoms with van der Waals surface area (Å²) in [6, 6.07) is 8.00. The average molecular weight is 303 g/mol. The van der Waals surface area contributed by atoms with Crippen molar-refractivity contribution in [3.8, 4) is 0 Å². The predicted molar refractivity (Wildman–Crippen MR) is 82.4 cm³/mol. The van der Waals surface area contributed by atoms with Gasteiger partial charge in [0.25, 0.3) is 0 Å². The number of hydrogen-bond acceptors (Lipinski definition) is 5. The molecule has 0 bridgehead atoms. The Kier molecular flexibility index (Phi) is 4.97. The molecular formula is C15H21N5O2. The Morgan fingerprint density at radius 2 is 2.36 bits per heavy atom. The molecule has 1 unspecified atom stereocenters. The number of benzene rings is 1. The molecule has 0 saturated carbocycles. The van der Waals surface area contributed by atoms with Gasteiger partial charge in [-0.2, -0.15) is 0 Å². The van der Waals surface area contributed by atoms with E-state index in [1.807, 2.05) is 28.9 Å². The molecule has 7 nitrogen and oxygen atoms in total. The van der Waals surface area contributed by atoms with Crippen molar-refractivity contribution < 1.29 is 9.53 Å². The van der Waals surface area contributed by atoms with Crippen LogP contribution >= 0.6 is 0 Å². The number of para-hydroxylation sites is 1. The van der Waals surface area contributed by atoms with Crippen molar-refractivity contribution in [1.82, 2.24) is 25.6 Å². The van der Waals surface area contributed by atoms with Crippen LogP contribution in [0.2, 0.25) is 0 Å². The van der Waals surface area contributed by atoms with Crippen LogP contribution in [0.4, 0.5) is 0 Å². The van der Waals surface area contributed by atoms with Crippen LogP contribution in [0.3, 0.4) is 0 Å². The number of fused-ring (bicyclic) bond motifs is 1. The summed E-state index contributed by atoms with van der Waals surface area (Å²) in [7, 11) is 0. The normalized spacial score (nSPS) is 18.5. The second-order valence-corrected chi connectivity index (χ2v) is 5.43. The number of carbonyl (C=O) groups is 1. The van der Waals surface area contributed by atoms with Crippen LogP contribution in [0.1, 0.15) is 12.8 Å². The molecule has 1 saturated heterocycles. The quantitative estimate of drug-likeness (QED) is 0.751. The first-order chi connectivity index (χ1) is 10.8. The van der Waals surface area contributed by atoms with Gasteiger partial charge in [-0.3, -0.25) is 4.79 Å². The van der Waals surface area contributed by atoms with Crippen molar-refractivity contribution in [3.05, 3.63) is 24.3 Å². The first-order valence-electron chi connectivity index (χ1n) is 7.69. The maximum atomic E-state index is 11.8. The number of amides is 1. The highest BCUT2D eigenvalue weighted by atomic mass is 16.5. The molecule has 0 radical (unpaired) electrons. The fourth-order valence-corrected chi connectivity index (χ4v) is 2.59. The molecule has 2 heterocycles. The summed E-state index contributed by atoms with van der Waals surface area (Å²) in [6.45, 7) is 3.53. The molecule has 0 aliphatic carbocycles. The smallest absolute Gasteiger partial charge is 0.221 e. The topological polar surface area (TPSA) is 81.1 Å². The molecule has 1 aromatic heterocycles. The Bertz CT molecular complexity index is 621. The summed E-state index contributed by atoms with van der Waals surface area (Å²) in [4.78, 5) is 11.8. The van der Waals surface area contributed by atoms with Crippen molar-refractivity contribution in [2.45, 2.75) is 25.4 Å². The second-order valence-electron chi connectivity index (χ2n) is 5.43. The predicted octanol–water partition coefficient (Wildman–Crippen LogP) is 0.316. The van der Waals surface area contributed by atoms with Gasteiger partial charge in [-0.15, -0.1) is 5.10 Å². The molecule has 3 rings (SSSR count). The number of nitrogens with zero attached hydrogens (tertiary/aromatic N) is 3. The summed E-state index contributed by atoms with van der Waals surface area (Å²) in [5.41, 5.74) is 1.92. The lowest BCUT2D eigenvalue weighted by Crippen LogP contribution is -2.44. The highest BCUT2D eigenvalue weighted by Crippen LogP contribution is 2.09. The average Bonchev–Trinajstić information content (AvgIpc) is 2.96. The Labute approximate surface area is 129 Å². The molecule has 0 spiro atoms. The van der Waals surface area contributed by atoms with E-state index in [1.165, 1.54) is 0 Å². The molecule has 7 heteroatoms. The van der Waals surface area contributed by atoms with Crippen LogP contribution in [0, 0.1) is 0 Å². The zero-order valence-corrected chi connectivity index (χ0v) is 12.5. The van der Waals surface area contributed by atoms with Crippen molar-refractivity contribution in [2.24, 2.45) is 0 Å². The zero-order chi connectivity index (χ0) is 15.2. The van der Waals surface area contributed by atoms with E-state index in [-0.39, 0.29) is 11.9 Å². The Hall–Kier alpha value is -1.99. The van der Waals surface area contributed by atoms with Gasteiger partial charge < -0.3 is 15.4 Å². The highest BCUT2D eigenvalue weighted by Gasteiger charge is 2.16. The highest BCUT2D eigenvalue weighted by molar-refractivity contribution is 5.76. The minimum Gasteiger partial charge on any atom is -0.378 e. The molecule has 1 aliphatic rings. The molecule has 1 amide bonds. The second kappa shape index (κ2) is 7.33. The fraction of sp³-hybridized carbons (Fsp3) is 0.533. The summed E-state index contributed by atoms with van der Waals surface area (Å²) in [5.74, 6) is 0.0615. The molecular weight excluding hydrogens is 282 g/mol. The van der Waals surface area contributed by atoms with Crippen molar-refractivity contribution in [3.63, 3.8) is 0 Å². The molecule has 1 aromatic carbocycles. The third-order valence-corrected chi connectivity index (χ3v) is 3.72. The van der Waals surface area contributed by atoms with Gasteiger partial charge in [0.1, 0.15) is 5.52 Å². The maximum absolute atomic E-state index is 11.8. The van der Waals surface area contributed by atoms with Gasteiger partial charge >= 0.3 is 0 Å². The SMILES string of the molecule is O=C(CC1COCCN1)NCCCn1nnc2ccccc21. The standard InChI is InChI=1S/C15H21N5O2/c21-15(10-12-11-22-9-7-16-12)17-6-3-8-20-14-5-2-1-4-13(14)18-19-20/h1-2,4-5,12,16H,3,6-11H2,(H,17,21). The number of ether oxygens (including phenoxy) is 1. The van der Waals surface area contributed by atoms with Crippen LogP contribution < -0.4 is 10.6 Å². The molecule has 1 fully saturated rings. The lowest BCUT2D eigenvalue weighted by Gasteiger charge is -2.23. The minimum absolute atomic E-state index is 0.0615. The van der Waals surface area contributed by atoms with Gasteiger partial charge in [0.05, 0.1) is 18.7 Å². The third kappa shape index (κ3) is 3.80. The Morgan fingerprint density at radius 3 is 3.23 bits per heavy atom. The first-order valence-corrected chi connectivity index (χ1v) is 7.69. The number of aromatic nitrogens is 3. The van der Waals surface area contributed by atoms with Crippen LogP contribution in [0.15, 0.2) is 24.3 Å². The molecule has 2 aromatic rings. The zero-order valence-electron chi connectivity index (χ0n) is 12.5. The van der Waals surface area contributed by atoms with E-state index >= 15 is 0 Å². The summed E-state index contributed by atoms with van der Waals surface area (Å²) in [5, 5.41) is 14.5. The number of rotatable bonds is 6. The van der Waals surface area contributed by atoms with E-state index in [0.29, 0.717) is 19.6 Å². The van der Waals surface area contributed by atoms with Crippen LogP contribution in [0.5, 0.6) is 0 Å². The van der Waals surface area contributed by atoms with E-state index in [2.05, 4.69) is 20.9 Å². The number of aryl methyl sites for hydroxylation is 1. The van der Waals surface area contributed by atoms with Gasteiger partial charge in [0.15, 0.2) is 0 Å². The Balaban J connectivity index is 1.39. The van der Waals surface area contributed by atoms with Gasteiger partial charge in [-0.1, -0.05) is 17.3 Å². The van der Waals surface area contributed by atoms with E-state index in [9.17, 15) is 4.79 Å². The number of carbonyl (C=O) groups excluding carboxylic acids is 1. The number of morpholine rings is 1. The largest absolute Gasteiger partial charge is 0.378 e. The monoisotopic (exact) mass is 303 g/mol. The van der Waals surface area contributed by atoms with Crippen molar-refractivity contribution in [2.75, 3.05) is 26.3 Å². The number of hydrogen-bond donors (Lipinski definition) is 2. The van der Waals surface area contributed by atoms with Gasteiger partial charge in [0.2, 0.25) is 5.91 Å². The molecule has 1 atom stereocenters. The van der Waals surface area contributed by atoms with Crippen LogP contribution in [0.25, 0.3) is 11.0 Å². The molecule has 2 N–H and O–H groups in total. The molecule has 22 heavy (non-hydrogen) atoms. The van der Waals surface area contributed by atoms with Crippen molar-refractivity contribution >= 4 is 16.9 Å². The van der Waals surface area contributed by atoms with E-state index < -0.39 is 0 Å². The van der Waals surface area contributed by atoms with Crippen molar-refractivity contribution in [1.29, 1.82) is 0 Å². The van der Waals surface area contributed by atoms with Crippen LogP contribution in [-0.2, 0) is 16.1 Å². The van der Waals surface area contributed by atoms with Gasteiger partial charge in [0, 0.05) is 32.1 Å².